The Hall–Kier alpha value is -1.26. The maximum absolute atomic E-state index is 12.2. The molecule has 1 aliphatic rings. The molecule has 0 spiro atoms. The molecule has 0 aromatic rings. The molecule has 5 heteroatoms. The van der Waals surface area contributed by atoms with E-state index >= 15 is 0 Å². The average Bonchev–Trinajstić information content (AvgIpc) is 2.79. The van der Waals surface area contributed by atoms with E-state index in [0.29, 0.717) is 12.3 Å². The summed E-state index contributed by atoms with van der Waals surface area (Å²) in [5.41, 5.74) is 0. The van der Waals surface area contributed by atoms with Crippen LogP contribution in [0.3, 0.4) is 0 Å². The van der Waals surface area contributed by atoms with Crippen molar-refractivity contribution in [2.75, 3.05) is 20.2 Å². The van der Waals surface area contributed by atoms with E-state index in [9.17, 15) is 9.59 Å². The van der Waals surface area contributed by atoms with Crippen LogP contribution in [0.1, 0.15) is 33.1 Å². The number of carbonyl (C=O) groups excluding carboxylic acids is 2. The van der Waals surface area contributed by atoms with Gasteiger partial charge in [-0.25, -0.2) is 4.79 Å². The van der Waals surface area contributed by atoms with Crippen molar-refractivity contribution in [2.45, 2.75) is 39.2 Å². The summed E-state index contributed by atoms with van der Waals surface area (Å²) in [4.78, 5) is 25.2. The Balaban J connectivity index is 2.60. The monoisotopic (exact) mass is 242 g/mol. The number of nitrogens with zero attached hydrogens (tertiary/aromatic N) is 1. The molecule has 1 aliphatic heterocycles. The van der Waals surface area contributed by atoms with Gasteiger partial charge in [0.05, 0.1) is 7.11 Å². The lowest BCUT2D eigenvalue weighted by molar-refractivity contribution is -0.132. The van der Waals surface area contributed by atoms with Crippen LogP contribution < -0.4 is 5.32 Å². The molecule has 0 bridgehead atoms. The van der Waals surface area contributed by atoms with Gasteiger partial charge in [-0.15, -0.1) is 0 Å². The maximum atomic E-state index is 12.2. The molecule has 1 saturated heterocycles. The number of likely N-dealkylation sites (tertiary alicyclic amines) is 1. The van der Waals surface area contributed by atoms with Crippen molar-refractivity contribution >= 4 is 12.0 Å². The minimum absolute atomic E-state index is 0.0154. The number of methoxy groups -OCH3 is 1. The van der Waals surface area contributed by atoms with Crippen molar-refractivity contribution < 1.29 is 14.3 Å². The number of rotatable bonds is 4. The van der Waals surface area contributed by atoms with E-state index in [1.54, 1.807) is 0 Å². The number of amides is 2. The van der Waals surface area contributed by atoms with Crippen molar-refractivity contribution in [3.63, 3.8) is 0 Å². The Morgan fingerprint density at radius 2 is 1.88 bits per heavy atom. The lowest BCUT2D eigenvalue weighted by Crippen LogP contribution is -2.48. The van der Waals surface area contributed by atoms with Gasteiger partial charge in [-0.05, 0) is 25.2 Å². The van der Waals surface area contributed by atoms with Crippen LogP contribution in [0.4, 0.5) is 4.79 Å². The zero-order valence-electron chi connectivity index (χ0n) is 10.9. The summed E-state index contributed by atoms with van der Waals surface area (Å²) in [5, 5.41) is 2.62. The maximum Gasteiger partial charge on any atom is 0.407 e. The van der Waals surface area contributed by atoms with Gasteiger partial charge in [-0.2, -0.15) is 0 Å². The normalized spacial score (nSPS) is 17.1. The molecule has 0 aliphatic carbocycles. The van der Waals surface area contributed by atoms with E-state index in [1.807, 2.05) is 18.7 Å². The van der Waals surface area contributed by atoms with Crippen molar-refractivity contribution in [1.82, 2.24) is 10.2 Å². The second kappa shape index (κ2) is 6.47. The lowest BCUT2D eigenvalue weighted by atomic mass is 10.0. The number of alkyl carbamates (subject to hydrolysis) is 1. The summed E-state index contributed by atoms with van der Waals surface area (Å²) >= 11 is 0. The molecule has 1 atom stereocenters. The van der Waals surface area contributed by atoms with E-state index in [-0.39, 0.29) is 5.91 Å². The smallest absolute Gasteiger partial charge is 0.407 e. The third kappa shape index (κ3) is 4.24. The molecule has 1 fully saturated rings. The molecule has 0 radical (unpaired) electrons. The zero-order chi connectivity index (χ0) is 12.8. The number of ether oxygens (including phenoxy) is 1. The summed E-state index contributed by atoms with van der Waals surface area (Å²) in [6.45, 7) is 5.67. The van der Waals surface area contributed by atoms with Crippen LogP contribution >= 0.6 is 0 Å². The standard InChI is InChI=1S/C12H22N2O3/c1-9(2)8-10(13-12(16)17-3)11(15)14-6-4-5-7-14/h9-10H,4-8H2,1-3H3,(H,13,16)/t10-/m0/s1. The first-order valence-electron chi connectivity index (χ1n) is 6.18. The predicted molar refractivity (Wildman–Crippen MR) is 64.6 cm³/mol. The second-order valence-electron chi connectivity index (χ2n) is 4.85. The summed E-state index contributed by atoms with van der Waals surface area (Å²) in [6.07, 6.45) is 2.21. The van der Waals surface area contributed by atoms with Crippen LogP contribution in [-0.2, 0) is 9.53 Å². The van der Waals surface area contributed by atoms with E-state index in [4.69, 9.17) is 0 Å². The Labute approximate surface area is 102 Å². The third-order valence-corrected chi connectivity index (χ3v) is 2.90. The van der Waals surface area contributed by atoms with Crippen molar-refractivity contribution in [1.29, 1.82) is 0 Å². The molecule has 0 aromatic carbocycles. The van der Waals surface area contributed by atoms with E-state index in [1.165, 1.54) is 7.11 Å². The second-order valence-corrected chi connectivity index (χ2v) is 4.85. The summed E-state index contributed by atoms with van der Waals surface area (Å²) in [5.74, 6) is 0.366. The number of hydrogen-bond donors (Lipinski definition) is 1. The van der Waals surface area contributed by atoms with Gasteiger partial charge >= 0.3 is 6.09 Å². The highest BCUT2D eigenvalue weighted by Crippen LogP contribution is 2.13. The van der Waals surface area contributed by atoms with Gasteiger partial charge in [-0.3, -0.25) is 4.79 Å². The number of carbonyl (C=O) groups is 2. The molecule has 17 heavy (non-hydrogen) atoms. The van der Waals surface area contributed by atoms with Crippen LogP contribution in [0.2, 0.25) is 0 Å². The SMILES string of the molecule is COC(=O)N[C@@H](CC(C)C)C(=O)N1CCCC1. The molecule has 1 heterocycles. The van der Waals surface area contributed by atoms with E-state index in [0.717, 1.165) is 25.9 Å². The summed E-state index contributed by atoms with van der Waals surface area (Å²) in [6, 6.07) is -0.458. The molecule has 0 saturated carbocycles. The highest BCUT2D eigenvalue weighted by Gasteiger charge is 2.28. The van der Waals surface area contributed by atoms with Crippen LogP contribution in [-0.4, -0.2) is 43.1 Å². The Kier molecular flexibility index (Phi) is 5.25. The number of hydrogen-bond acceptors (Lipinski definition) is 3. The minimum atomic E-state index is -0.539. The first-order valence-corrected chi connectivity index (χ1v) is 6.18. The summed E-state index contributed by atoms with van der Waals surface area (Å²) in [7, 11) is 1.31. The molecular weight excluding hydrogens is 220 g/mol. The van der Waals surface area contributed by atoms with Gasteiger partial charge in [0.15, 0.2) is 0 Å². The van der Waals surface area contributed by atoms with Crippen LogP contribution in [0.5, 0.6) is 0 Å². The van der Waals surface area contributed by atoms with Crippen molar-refractivity contribution in [3.05, 3.63) is 0 Å². The van der Waals surface area contributed by atoms with Crippen LogP contribution in [0.15, 0.2) is 0 Å². The first-order chi connectivity index (χ1) is 8.04. The molecule has 1 rings (SSSR count). The van der Waals surface area contributed by atoms with Crippen LogP contribution in [0, 0.1) is 5.92 Å². The Morgan fingerprint density at radius 3 is 2.35 bits per heavy atom. The molecule has 0 aromatic heterocycles. The van der Waals surface area contributed by atoms with Crippen LogP contribution in [0.25, 0.3) is 0 Å². The van der Waals surface area contributed by atoms with Gasteiger partial charge in [-0.1, -0.05) is 13.8 Å². The largest absolute Gasteiger partial charge is 0.453 e. The average molecular weight is 242 g/mol. The van der Waals surface area contributed by atoms with Crippen molar-refractivity contribution in [3.8, 4) is 0 Å². The third-order valence-electron chi connectivity index (χ3n) is 2.90. The summed E-state index contributed by atoms with van der Waals surface area (Å²) < 4.78 is 4.55. The highest BCUT2D eigenvalue weighted by molar-refractivity contribution is 5.85. The minimum Gasteiger partial charge on any atom is -0.453 e. The fourth-order valence-corrected chi connectivity index (χ4v) is 2.05. The Morgan fingerprint density at radius 1 is 1.29 bits per heavy atom. The predicted octanol–water partition coefficient (Wildman–Crippen LogP) is 1.38. The zero-order valence-corrected chi connectivity index (χ0v) is 10.9. The van der Waals surface area contributed by atoms with Crippen molar-refractivity contribution in [2.24, 2.45) is 5.92 Å². The van der Waals surface area contributed by atoms with E-state index in [2.05, 4.69) is 10.1 Å². The fraction of sp³-hybridized carbons (Fsp3) is 0.833. The topological polar surface area (TPSA) is 58.6 Å². The van der Waals surface area contributed by atoms with Gasteiger partial charge in [0, 0.05) is 13.1 Å². The fourth-order valence-electron chi connectivity index (χ4n) is 2.05. The van der Waals surface area contributed by atoms with Gasteiger partial charge < -0.3 is 15.0 Å². The molecule has 5 nitrogen and oxygen atoms in total. The van der Waals surface area contributed by atoms with E-state index < -0.39 is 12.1 Å². The quantitative estimate of drug-likeness (QED) is 0.810. The molecular formula is C12H22N2O3. The lowest BCUT2D eigenvalue weighted by Gasteiger charge is -2.24. The number of nitrogens with one attached hydrogen (secondary N) is 1. The van der Waals surface area contributed by atoms with Gasteiger partial charge in [0.1, 0.15) is 6.04 Å². The molecule has 2 amide bonds. The van der Waals surface area contributed by atoms with Gasteiger partial charge in [0.25, 0.3) is 0 Å². The Bertz CT molecular complexity index is 273. The molecule has 0 unspecified atom stereocenters. The van der Waals surface area contributed by atoms with Gasteiger partial charge in [0.2, 0.25) is 5.91 Å². The highest BCUT2D eigenvalue weighted by atomic mass is 16.5. The molecule has 98 valence electrons. The molecule has 1 N–H and O–H groups in total. The first kappa shape index (κ1) is 13.8.